The van der Waals surface area contributed by atoms with Gasteiger partial charge in [0.1, 0.15) is 0 Å². The molecule has 0 radical (unpaired) electrons. The molecule has 0 atom stereocenters. The Bertz CT molecular complexity index is 1100. The van der Waals surface area contributed by atoms with Crippen molar-refractivity contribution in [2.75, 3.05) is 25.6 Å². The number of aryl methyl sites for hydroxylation is 1. The van der Waals surface area contributed by atoms with Crippen LogP contribution in [0.25, 0.3) is 0 Å². The predicted molar refractivity (Wildman–Crippen MR) is 127 cm³/mol. The highest BCUT2D eigenvalue weighted by molar-refractivity contribution is 7.89. The summed E-state index contributed by atoms with van der Waals surface area (Å²) in [5, 5.41) is 5.89. The van der Waals surface area contributed by atoms with Gasteiger partial charge in [0.25, 0.3) is 11.8 Å². The molecule has 2 amide bonds. The molecule has 0 heterocycles. The normalized spacial score (nSPS) is 14.6. The molecule has 0 aliphatic heterocycles. The smallest absolute Gasteiger partial charge is 0.255 e. The Labute approximate surface area is 195 Å². The Morgan fingerprint density at radius 1 is 1.00 bits per heavy atom. The van der Waals surface area contributed by atoms with Gasteiger partial charge in [-0.05, 0) is 61.7 Å². The zero-order valence-corrected chi connectivity index (χ0v) is 19.8. The molecule has 3 rings (SSSR count). The summed E-state index contributed by atoms with van der Waals surface area (Å²) in [6.45, 7) is 2.19. The van der Waals surface area contributed by atoms with Crippen molar-refractivity contribution in [1.29, 1.82) is 0 Å². The van der Waals surface area contributed by atoms with Crippen molar-refractivity contribution >= 4 is 27.5 Å². The fourth-order valence-electron chi connectivity index (χ4n) is 3.82. The summed E-state index contributed by atoms with van der Waals surface area (Å²) < 4.78 is 32.1. The van der Waals surface area contributed by atoms with E-state index in [0.717, 1.165) is 31.2 Å². The second kappa shape index (κ2) is 11.4. The number of carbonyl (C=O) groups excluding carboxylic acids is 2. The first-order chi connectivity index (χ1) is 15.8. The molecule has 0 saturated heterocycles. The van der Waals surface area contributed by atoms with E-state index in [1.165, 1.54) is 31.7 Å². The van der Waals surface area contributed by atoms with Gasteiger partial charge in [-0.1, -0.05) is 25.3 Å². The second-order valence-electron chi connectivity index (χ2n) is 8.21. The zero-order valence-electron chi connectivity index (χ0n) is 19.0. The Balaban J connectivity index is 1.67. The fourth-order valence-corrected chi connectivity index (χ4v) is 4.88. The Kier molecular flexibility index (Phi) is 8.60. The molecule has 1 aliphatic rings. The molecule has 1 fully saturated rings. The molecule has 8 nitrogen and oxygen atoms in total. The first-order valence-electron chi connectivity index (χ1n) is 11.1. The molecule has 0 aromatic heterocycles. The molecule has 0 unspecified atom stereocenters. The number of methoxy groups -OCH3 is 1. The minimum absolute atomic E-state index is 0.00212. The van der Waals surface area contributed by atoms with Crippen molar-refractivity contribution in [3.8, 4) is 0 Å². The fraction of sp³-hybridized carbons (Fsp3) is 0.417. The molecule has 3 N–H and O–H groups in total. The highest BCUT2D eigenvalue weighted by atomic mass is 32.2. The van der Waals surface area contributed by atoms with Crippen LogP contribution in [0.4, 0.5) is 5.69 Å². The zero-order chi connectivity index (χ0) is 23.8. The number of nitrogens with one attached hydrogen (secondary N) is 3. The summed E-state index contributed by atoms with van der Waals surface area (Å²) in [6.07, 6.45) is 5.52. The van der Waals surface area contributed by atoms with Crippen LogP contribution in [0.5, 0.6) is 0 Å². The summed E-state index contributed by atoms with van der Waals surface area (Å²) in [5.74, 6) is -0.548. The van der Waals surface area contributed by atoms with E-state index >= 15 is 0 Å². The number of hydrogen-bond donors (Lipinski definition) is 3. The molecule has 178 valence electrons. The molecule has 1 saturated carbocycles. The van der Waals surface area contributed by atoms with Gasteiger partial charge < -0.3 is 15.4 Å². The van der Waals surface area contributed by atoms with Gasteiger partial charge in [-0.3, -0.25) is 9.59 Å². The second-order valence-corrected chi connectivity index (χ2v) is 9.98. The van der Waals surface area contributed by atoms with Crippen LogP contribution in [0.15, 0.2) is 47.4 Å². The van der Waals surface area contributed by atoms with Crippen molar-refractivity contribution in [2.24, 2.45) is 0 Å². The maximum absolute atomic E-state index is 12.8. The van der Waals surface area contributed by atoms with Gasteiger partial charge >= 0.3 is 0 Å². The van der Waals surface area contributed by atoms with Gasteiger partial charge in [0.15, 0.2) is 0 Å². The average Bonchev–Trinajstić information content (AvgIpc) is 2.81. The van der Waals surface area contributed by atoms with E-state index in [1.807, 2.05) is 6.92 Å². The van der Waals surface area contributed by atoms with Crippen LogP contribution in [-0.4, -0.2) is 46.5 Å². The molecule has 0 spiro atoms. The molecular weight excluding hydrogens is 442 g/mol. The Morgan fingerprint density at radius 3 is 2.42 bits per heavy atom. The number of carbonyl (C=O) groups is 2. The molecule has 9 heteroatoms. The first-order valence-corrected chi connectivity index (χ1v) is 12.6. The van der Waals surface area contributed by atoms with Gasteiger partial charge in [0, 0.05) is 36.5 Å². The summed E-state index contributed by atoms with van der Waals surface area (Å²) in [5.41, 5.74) is 2.06. The predicted octanol–water partition coefficient (Wildman–Crippen LogP) is 3.23. The van der Waals surface area contributed by atoms with Crippen LogP contribution in [0, 0.1) is 6.92 Å². The summed E-state index contributed by atoms with van der Waals surface area (Å²) in [4.78, 5) is 25.3. The van der Waals surface area contributed by atoms with Crippen LogP contribution in [0.1, 0.15) is 58.4 Å². The number of hydrogen-bond acceptors (Lipinski definition) is 5. The van der Waals surface area contributed by atoms with Gasteiger partial charge in [-0.2, -0.15) is 0 Å². The van der Waals surface area contributed by atoms with Crippen LogP contribution in [0.3, 0.4) is 0 Å². The summed E-state index contributed by atoms with van der Waals surface area (Å²) in [7, 11) is -2.27. The highest BCUT2D eigenvalue weighted by Crippen LogP contribution is 2.21. The molecule has 33 heavy (non-hydrogen) atoms. The van der Waals surface area contributed by atoms with Crippen molar-refractivity contribution in [3.05, 3.63) is 59.2 Å². The number of sulfonamides is 1. The molecule has 2 aromatic rings. The first kappa shape index (κ1) is 24.9. The average molecular weight is 474 g/mol. The van der Waals surface area contributed by atoms with Gasteiger partial charge in [0.05, 0.1) is 11.5 Å². The van der Waals surface area contributed by atoms with E-state index in [1.54, 1.807) is 24.3 Å². The van der Waals surface area contributed by atoms with E-state index < -0.39 is 15.9 Å². The number of ether oxygens (including phenoxy) is 1. The van der Waals surface area contributed by atoms with Crippen LogP contribution in [0.2, 0.25) is 0 Å². The van der Waals surface area contributed by atoms with Crippen molar-refractivity contribution in [2.45, 2.75) is 50.0 Å². The maximum Gasteiger partial charge on any atom is 0.255 e. The minimum atomic E-state index is -3.75. The summed E-state index contributed by atoms with van der Waals surface area (Å²) in [6, 6.07) is 11.2. The molecule has 1 aliphatic carbocycles. The van der Waals surface area contributed by atoms with Crippen molar-refractivity contribution in [1.82, 2.24) is 10.0 Å². The maximum atomic E-state index is 12.8. The lowest BCUT2D eigenvalue weighted by molar-refractivity contribution is 0.0927. The van der Waals surface area contributed by atoms with Crippen LogP contribution in [-0.2, 0) is 14.8 Å². The minimum Gasteiger partial charge on any atom is -0.383 e. The lowest BCUT2D eigenvalue weighted by Crippen LogP contribution is -2.36. The number of benzene rings is 2. The lowest BCUT2D eigenvalue weighted by atomic mass is 9.95. The molecule has 0 bridgehead atoms. The topological polar surface area (TPSA) is 114 Å². The third-order valence-electron chi connectivity index (χ3n) is 5.68. The van der Waals surface area contributed by atoms with E-state index in [9.17, 15) is 18.0 Å². The molecule has 2 aromatic carbocycles. The highest BCUT2D eigenvalue weighted by Gasteiger charge is 2.19. The van der Waals surface area contributed by atoms with Crippen molar-refractivity contribution in [3.63, 3.8) is 0 Å². The Morgan fingerprint density at radius 2 is 1.73 bits per heavy atom. The monoisotopic (exact) mass is 473 g/mol. The summed E-state index contributed by atoms with van der Waals surface area (Å²) >= 11 is 0. The van der Waals surface area contributed by atoms with E-state index in [2.05, 4.69) is 15.4 Å². The number of amides is 2. The third-order valence-corrected chi connectivity index (χ3v) is 7.14. The van der Waals surface area contributed by atoms with Crippen LogP contribution >= 0.6 is 0 Å². The van der Waals surface area contributed by atoms with Gasteiger partial charge in [0.2, 0.25) is 10.0 Å². The van der Waals surface area contributed by atoms with Crippen LogP contribution < -0.4 is 15.4 Å². The van der Waals surface area contributed by atoms with E-state index in [4.69, 9.17) is 4.74 Å². The third kappa shape index (κ3) is 6.86. The number of anilines is 1. The van der Waals surface area contributed by atoms with Gasteiger partial charge in [-0.15, -0.1) is 0 Å². The SMILES string of the molecule is COCCNS(=O)(=O)c1cccc(C(=O)Nc2ccc(C(=O)NC3CCCCC3)cc2C)c1. The van der Waals surface area contributed by atoms with Gasteiger partial charge in [-0.25, -0.2) is 13.1 Å². The largest absolute Gasteiger partial charge is 0.383 e. The van der Waals surface area contributed by atoms with E-state index in [-0.39, 0.29) is 35.6 Å². The van der Waals surface area contributed by atoms with Crippen molar-refractivity contribution < 1.29 is 22.7 Å². The lowest BCUT2D eigenvalue weighted by Gasteiger charge is -2.23. The quantitative estimate of drug-likeness (QED) is 0.484. The van der Waals surface area contributed by atoms with E-state index in [0.29, 0.717) is 11.3 Å². The standard InChI is InChI=1S/C24H31N3O5S/c1-17-15-19(23(28)26-20-8-4-3-5-9-20)11-12-22(17)27-24(29)18-7-6-10-21(16-18)33(30,31)25-13-14-32-2/h6-7,10-12,15-16,20,25H,3-5,8-9,13-14H2,1-2H3,(H,26,28)(H,27,29). The Hall–Kier alpha value is -2.75. The number of rotatable bonds is 9. The molecular formula is C24H31N3O5S.